The fourth-order valence-electron chi connectivity index (χ4n) is 3.90. The average Bonchev–Trinajstić information content (AvgIpc) is 3.43. The Morgan fingerprint density at radius 1 is 1.03 bits per heavy atom. The molecule has 0 aliphatic carbocycles. The smallest absolute Gasteiger partial charge is 0.351 e. The van der Waals surface area contributed by atoms with Crippen LogP contribution in [0, 0.1) is 11.8 Å². The van der Waals surface area contributed by atoms with E-state index in [2.05, 4.69) is 15.8 Å². The third-order valence-corrected chi connectivity index (χ3v) is 6.09. The molecule has 1 aromatic rings. The number of alkyl halides is 3. The number of nitrogens with zero attached hydrogens (tertiary/aromatic N) is 2. The molecule has 0 radical (unpaired) electrons. The Kier molecular flexibility index (Phi) is 8.96. The summed E-state index contributed by atoms with van der Waals surface area (Å²) >= 11 is 0. The summed E-state index contributed by atoms with van der Waals surface area (Å²) in [5.41, 5.74) is 0.205. The van der Waals surface area contributed by atoms with E-state index >= 15 is 0 Å². The first-order valence-electron chi connectivity index (χ1n) is 11.9. The minimum atomic E-state index is -5.10. The van der Waals surface area contributed by atoms with Crippen molar-refractivity contribution in [1.29, 1.82) is 0 Å². The van der Waals surface area contributed by atoms with E-state index in [0.29, 0.717) is 12.1 Å². The monoisotopic (exact) mass is 516 g/mol. The van der Waals surface area contributed by atoms with Crippen molar-refractivity contribution >= 4 is 23.5 Å². The molecule has 1 aliphatic heterocycles. The van der Waals surface area contributed by atoms with Crippen LogP contribution in [0.4, 0.5) is 13.2 Å². The largest absolute Gasteiger partial charge is 0.452 e. The molecule has 3 atom stereocenters. The topological polar surface area (TPSA) is 122 Å². The zero-order valence-electron chi connectivity index (χ0n) is 21.7. The van der Waals surface area contributed by atoms with Gasteiger partial charge in [0.15, 0.2) is 0 Å². The minimum absolute atomic E-state index is 0.0699. The van der Waals surface area contributed by atoms with Gasteiger partial charge in [0.05, 0.1) is 11.7 Å². The van der Waals surface area contributed by atoms with Gasteiger partial charge in [0.25, 0.3) is 11.7 Å². The van der Waals surface area contributed by atoms with Gasteiger partial charge in [-0.3, -0.25) is 19.2 Å². The highest BCUT2D eigenvalue weighted by molar-refractivity contribution is 5.98. The number of halogens is 3. The zero-order valence-corrected chi connectivity index (χ0v) is 21.7. The number of hydrogen-bond acceptors (Lipinski definition) is 6. The van der Waals surface area contributed by atoms with Gasteiger partial charge in [-0.15, -0.1) is 0 Å². The second-order valence-electron chi connectivity index (χ2n) is 10.8. The Morgan fingerprint density at radius 3 is 2.08 bits per heavy atom. The second-order valence-corrected chi connectivity index (χ2v) is 10.8. The summed E-state index contributed by atoms with van der Waals surface area (Å²) in [5, 5.41) is 8.72. The second kappa shape index (κ2) is 11.0. The maximum Gasteiger partial charge on any atom is 0.452 e. The molecule has 2 rings (SSSR count). The number of Topliss-reactive ketones (excluding diaryl/α,β-unsaturated/α-hetero) is 1. The number of carbonyl (C=O) groups is 4. The Balaban J connectivity index is 2.18. The van der Waals surface area contributed by atoms with Crippen molar-refractivity contribution in [2.75, 3.05) is 6.54 Å². The van der Waals surface area contributed by atoms with Crippen LogP contribution >= 0.6 is 0 Å². The molecule has 0 aromatic carbocycles. The van der Waals surface area contributed by atoms with E-state index in [1.165, 1.54) is 24.8 Å². The predicted octanol–water partition coefficient (Wildman–Crippen LogP) is 2.99. The molecule has 0 bridgehead atoms. The highest BCUT2D eigenvalue weighted by Gasteiger charge is 2.46. The van der Waals surface area contributed by atoms with Crippen LogP contribution in [0.2, 0.25) is 0 Å². The predicted molar refractivity (Wildman–Crippen MR) is 124 cm³/mol. The standard InChI is InChI=1S/C24H35F3N4O5/c1-12(2)17(19(32)24(25,26)27)28-20(33)14-9-8-10-31(14)22(35)18(13(3)4)29-21(34)15-11-16(30-36-15)23(5,6)7/h11-14,17-18H,8-10H2,1-7H3,(H,28,33)(H,29,34)/t14-,17-,18-/m0/s1. The maximum atomic E-state index is 13.4. The first kappa shape index (κ1) is 29.3. The SMILES string of the molecule is CC(C)[C@H](NC(=O)c1cc(C(C)(C)C)no1)C(=O)N1CCC[C@H]1C(=O)N[C@H](C(=O)C(F)(F)F)C(C)C. The van der Waals surface area contributed by atoms with Gasteiger partial charge >= 0.3 is 6.18 Å². The van der Waals surface area contributed by atoms with Crippen LogP contribution in [0.3, 0.4) is 0 Å². The van der Waals surface area contributed by atoms with Gasteiger partial charge in [-0.25, -0.2) is 0 Å². The number of nitrogens with one attached hydrogen (secondary N) is 2. The molecule has 202 valence electrons. The molecule has 36 heavy (non-hydrogen) atoms. The average molecular weight is 517 g/mol. The lowest BCUT2D eigenvalue weighted by Gasteiger charge is -2.31. The lowest BCUT2D eigenvalue weighted by atomic mass is 9.92. The fraction of sp³-hybridized carbons (Fsp3) is 0.708. The van der Waals surface area contributed by atoms with Crippen molar-refractivity contribution in [3.8, 4) is 0 Å². The van der Waals surface area contributed by atoms with E-state index in [4.69, 9.17) is 4.52 Å². The van der Waals surface area contributed by atoms with Crippen molar-refractivity contribution < 1.29 is 36.9 Å². The number of hydrogen-bond donors (Lipinski definition) is 2. The van der Waals surface area contributed by atoms with Crippen LogP contribution in [0.1, 0.15) is 77.6 Å². The molecule has 1 aromatic heterocycles. The highest BCUT2D eigenvalue weighted by atomic mass is 19.4. The van der Waals surface area contributed by atoms with E-state index in [1.54, 1.807) is 13.8 Å². The lowest BCUT2D eigenvalue weighted by Crippen LogP contribution is -2.58. The van der Waals surface area contributed by atoms with Crippen LogP contribution in [-0.2, 0) is 19.8 Å². The number of aromatic nitrogens is 1. The quantitative estimate of drug-likeness (QED) is 0.548. The molecule has 1 aliphatic rings. The van der Waals surface area contributed by atoms with Crippen molar-refractivity contribution in [3.05, 3.63) is 17.5 Å². The summed E-state index contributed by atoms with van der Waals surface area (Å²) in [4.78, 5) is 52.1. The van der Waals surface area contributed by atoms with Crippen LogP contribution in [0.15, 0.2) is 10.6 Å². The maximum absolute atomic E-state index is 13.4. The van der Waals surface area contributed by atoms with Crippen molar-refractivity contribution in [2.24, 2.45) is 11.8 Å². The van der Waals surface area contributed by atoms with E-state index in [-0.39, 0.29) is 30.1 Å². The lowest BCUT2D eigenvalue weighted by molar-refractivity contribution is -0.175. The number of amides is 3. The van der Waals surface area contributed by atoms with E-state index in [0.717, 1.165) is 0 Å². The van der Waals surface area contributed by atoms with Gasteiger partial charge in [0, 0.05) is 18.0 Å². The molecule has 9 nitrogen and oxygen atoms in total. The number of rotatable bonds is 8. The van der Waals surface area contributed by atoms with Crippen molar-refractivity contribution in [3.63, 3.8) is 0 Å². The van der Waals surface area contributed by atoms with Crippen molar-refractivity contribution in [1.82, 2.24) is 20.7 Å². The highest BCUT2D eigenvalue weighted by Crippen LogP contribution is 2.25. The fourth-order valence-corrected chi connectivity index (χ4v) is 3.90. The molecule has 1 saturated heterocycles. The first-order chi connectivity index (χ1) is 16.4. The van der Waals surface area contributed by atoms with E-state index in [9.17, 15) is 32.3 Å². The van der Waals surface area contributed by atoms with Crippen LogP contribution < -0.4 is 10.6 Å². The summed E-state index contributed by atoms with van der Waals surface area (Å²) in [6, 6.07) is -2.35. The van der Waals surface area contributed by atoms with Crippen LogP contribution in [-0.4, -0.2) is 64.4 Å². The Morgan fingerprint density at radius 2 is 1.61 bits per heavy atom. The first-order valence-corrected chi connectivity index (χ1v) is 11.9. The minimum Gasteiger partial charge on any atom is -0.351 e. The Labute approximate surface area is 208 Å². The molecule has 0 saturated carbocycles. The number of carbonyl (C=O) groups excluding carboxylic acids is 4. The molecule has 2 N–H and O–H groups in total. The normalized spacial score (nSPS) is 18.3. The summed E-state index contributed by atoms with van der Waals surface area (Å²) in [5.74, 6) is -5.33. The van der Waals surface area contributed by atoms with Gasteiger partial charge < -0.3 is 20.1 Å². The summed E-state index contributed by atoms with van der Waals surface area (Å²) in [7, 11) is 0. The number of likely N-dealkylation sites (tertiary alicyclic amines) is 1. The Bertz CT molecular complexity index is 981. The molecule has 3 amide bonds. The van der Waals surface area contributed by atoms with Gasteiger partial charge in [0.1, 0.15) is 12.1 Å². The van der Waals surface area contributed by atoms with Gasteiger partial charge in [0.2, 0.25) is 17.6 Å². The molecule has 1 fully saturated rings. The Hall–Kier alpha value is -2.92. The molecular weight excluding hydrogens is 481 g/mol. The van der Waals surface area contributed by atoms with Crippen molar-refractivity contribution in [2.45, 2.75) is 91.0 Å². The molecular formula is C24H35F3N4O5. The summed E-state index contributed by atoms with van der Waals surface area (Å²) < 4.78 is 44.1. The summed E-state index contributed by atoms with van der Waals surface area (Å²) in [6.07, 6.45) is -4.44. The third-order valence-electron chi connectivity index (χ3n) is 6.09. The zero-order chi connectivity index (χ0) is 27.6. The van der Waals surface area contributed by atoms with Gasteiger partial charge in [-0.2, -0.15) is 13.2 Å². The number of ketones is 1. The molecule has 12 heteroatoms. The molecule has 2 heterocycles. The van der Waals surface area contributed by atoms with E-state index in [1.807, 2.05) is 20.8 Å². The van der Waals surface area contributed by atoms with Gasteiger partial charge in [-0.05, 0) is 24.7 Å². The summed E-state index contributed by atoms with van der Waals surface area (Å²) in [6.45, 7) is 12.1. The third kappa shape index (κ3) is 6.85. The van der Waals surface area contributed by atoms with Gasteiger partial charge in [-0.1, -0.05) is 53.6 Å². The molecule has 0 unspecified atom stereocenters. The molecule has 0 spiro atoms. The van der Waals surface area contributed by atoms with E-state index < -0.39 is 53.7 Å². The van der Waals surface area contributed by atoms with Crippen LogP contribution in [0.5, 0.6) is 0 Å². The van der Waals surface area contributed by atoms with Crippen LogP contribution in [0.25, 0.3) is 0 Å².